The molecule has 0 aromatic heterocycles. The van der Waals surface area contributed by atoms with Crippen LogP contribution in [0.5, 0.6) is 0 Å². The number of hydrogen-bond donors (Lipinski definition) is 1. The number of sulfonamides is 1. The van der Waals surface area contributed by atoms with Crippen LogP contribution >= 0.6 is 11.6 Å². The summed E-state index contributed by atoms with van der Waals surface area (Å²) in [6.45, 7) is 1.80. The van der Waals surface area contributed by atoms with E-state index in [4.69, 9.17) is 11.6 Å². The molecule has 2 rings (SSSR count). The molecule has 0 amide bonds. The van der Waals surface area contributed by atoms with Crippen LogP contribution in [0.4, 0.5) is 5.69 Å². The molecule has 5 nitrogen and oxygen atoms in total. The van der Waals surface area contributed by atoms with Crippen molar-refractivity contribution in [2.24, 2.45) is 0 Å². The van der Waals surface area contributed by atoms with Gasteiger partial charge in [-0.3, -0.25) is 4.72 Å². The minimum absolute atomic E-state index is 0.0913. The summed E-state index contributed by atoms with van der Waals surface area (Å²) in [6.07, 6.45) is 0. The van der Waals surface area contributed by atoms with Gasteiger partial charge in [-0.25, -0.2) is 13.2 Å². The number of esters is 1. The maximum atomic E-state index is 12.3. The molecule has 2 aromatic rings. The summed E-state index contributed by atoms with van der Waals surface area (Å²) in [5, 5.41) is 0.186. The minimum atomic E-state index is -3.74. The largest absolute Gasteiger partial charge is 0.465 e. The van der Waals surface area contributed by atoms with E-state index in [2.05, 4.69) is 9.46 Å². The fourth-order valence-corrected chi connectivity index (χ4v) is 3.20. The Morgan fingerprint density at radius 1 is 1.18 bits per heavy atom. The predicted molar refractivity (Wildman–Crippen MR) is 84.8 cm³/mol. The van der Waals surface area contributed by atoms with Crippen LogP contribution in [0.25, 0.3) is 0 Å². The maximum absolute atomic E-state index is 12.3. The molecule has 1 N–H and O–H groups in total. The van der Waals surface area contributed by atoms with Crippen molar-refractivity contribution in [3.63, 3.8) is 0 Å². The molecule has 2 aromatic carbocycles. The van der Waals surface area contributed by atoms with Crippen LogP contribution in [0.3, 0.4) is 0 Å². The van der Waals surface area contributed by atoms with Gasteiger partial charge in [-0.1, -0.05) is 23.7 Å². The van der Waals surface area contributed by atoms with Gasteiger partial charge in [-0.2, -0.15) is 0 Å². The molecular weight excluding hydrogens is 326 g/mol. The van der Waals surface area contributed by atoms with Gasteiger partial charge < -0.3 is 4.74 Å². The first-order valence-electron chi connectivity index (χ1n) is 6.31. The lowest BCUT2D eigenvalue weighted by molar-refractivity contribution is 0.0601. The smallest absolute Gasteiger partial charge is 0.339 e. The normalized spacial score (nSPS) is 11.0. The summed E-state index contributed by atoms with van der Waals surface area (Å²) in [6, 6.07) is 10.7. The quantitative estimate of drug-likeness (QED) is 0.868. The van der Waals surface area contributed by atoms with Crippen LogP contribution in [0.1, 0.15) is 15.9 Å². The highest BCUT2D eigenvalue weighted by molar-refractivity contribution is 7.92. The molecule has 116 valence electrons. The van der Waals surface area contributed by atoms with Gasteiger partial charge in [-0.15, -0.1) is 0 Å². The first-order chi connectivity index (χ1) is 10.3. The molecule has 0 aliphatic carbocycles. The van der Waals surface area contributed by atoms with Gasteiger partial charge in [0.25, 0.3) is 10.0 Å². The Morgan fingerprint density at radius 2 is 1.91 bits per heavy atom. The van der Waals surface area contributed by atoms with Gasteiger partial charge in [-0.05, 0) is 42.8 Å². The number of methoxy groups -OCH3 is 1. The van der Waals surface area contributed by atoms with Crippen molar-refractivity contribution in [3.8, 4) is 0 Å². The predicted octanol–water partition coefficient (Wildman–Crippen LogP) is 3.24. The fourth-order valence-electron chi connectivity index (χ4n) is 1.85. The number of halogens is 1. The molecule has 22 heavy (non-hydrogen) atoms. The first-order valence-corrected chi connectivity index (χ1v) is 8.17. The third-order valence-electron chi connectivity index (χ3n) is 2.92. The van der Waals surface area contributed by atoms with E-state index in [1.165, 1.54) is 31.4 Å². The number of nitrogens with one attached hydrogen (secondary N) is 1. The van der Waals surface area contributed by atoms with Crippen molar-refractivity contribution in [2.75, 3.05) is 11.8 Å². The Hall–Kier alpha value is -2.05. The van der Waals surface area contributed by atoms with Crippen LogP contribution < -0.4 is 4.72 Å². The molecule has 0 heterocycles. The summed E-state index contributed by atoms with van der Waals surface area (Å²) in [5.74, 6) is -0.637. The van der Waals surface area contributed by atoms with Gasteiger partial charge >= 0.3 is 5.97 Å². The van der Waals surface area contributed by atoms with E-state index in [1.54, 1.807) is 25.1 Å². The van der Waals surface area contributed by atoms with Crippen LogP contribution in [0.15, 0.2) is 47.4 Å². The van der Waals surface area contributed by atoms with Gasteiger partial charge in [0.1, 0.15) is 0 Å². The highest BCUT2D eigenvalue weighted by Gasteiger charge is 2.17. The third-order valence-corrected chi connectivity index (χ3v) is 4.63. The third kappa shape index (κ3) is 3.58. The number of carbonyl (C=O) groups excluding carboxylic acids is 1. The SMILES string of the molecule is COC(=O)c1cc(NS(=O)(=O)c2cccc(C)c2)ccc1Cl. The molecule has 0 unspecified atom stereocenters. The molecule has 0 saturated carbocycles. The molecule has 0 bridgehead atoms. The zero-order valence-electron chi connectivity index (χ0n) is 12.0. The second-order valence-corrected chi connectivity index (χ2v) is 6.70. The Kier molecular flexibility index (Phi) is 4.73. The van der Waals surface area contributed by atoms with Gasteiger partial charge in [0.15, 0.2) is 0 Å². The van der Waals surface area contributed by atoms with Crippen LogP contribution in [-0.2, 0) is 14.8 Å². The second kappa shape index (κ2) is 6.37. The van der Waals surface area contributed by atoms with Gasteiger partial charge in [0.05, 0.1) is 22.6 Å². The van der Waals surface area contributed by atoms with E-state index in [0.717, 1.165) is 5.56 Å². The lowest BCUT2D eigenvalue weighted by Gasteiger charge is -2.10. The lowest BCUT2D eigenvalue weighted by Crippen LogP contribution is -2.13. The average Bonchev–Trinajstić information content (AvgIpc) is 2.48. The van der Waals surface area contributed by atoms with Crippen molar-refractivity contribution >= 4 is 33.3 Å². The molecule has 0 fully saturated rings. The summed E-state index contributed by atoms with van der Waals surface area (Å²) < 4.78 is 31.7. The highest BCUT2D eigenvalue weighted by Crippen LogP contribution is 2.23. The molecule has 0 aliphatic rings. The summed E-state index contributed by atoms with van der Waals surface area (Å²) in [4.78, 5) is 11.7. The minimum Gasteiger partial charge on any atom is -0.465 e. The van der Waals surface area contributed by atoms with Crippen LogP contribution in [0, 0.1) is 6.92 Å². The number of carbonyl (C=O) groups is 1. The number of anilines is 1. The summed E-state index contributed by atoms with van der Waals surface area (Å²) in [7, 11) is -2.52. The van der Waals surface area contributed by atoms with Crippen molar-refractivity contribution in [2.45, 2.75) is 11.8 Å². The van der Waals surface area contributed by atoms with Crippen molar-refractivity contribution in [1.82, 2.24) is 0 Å². The average molecular weight is 340 g/mol. The van der Waals surface area contributed by atoms with E-state index >= 15 is 0 Å². The Bertz CT molecular complexity index is 818. The Balaban J connectivity index is 2.36. The molecule has 7 heteroatoms. The number of hydrogen-bond acceptors (Lipinski definition) is 4. The standard InChI is InChI=1S/C15H14ClNO4S/c1-10-4-3-5-12(8-10)22(19,20)17-11-6-7-14(16)13(9-11)15(18)21-2/h3-9,17H,1-2H3. The highest BCUT2D eigenvalue weighted by atomic mass is 35.5. The number of ether oxygens (including phenoxy) is 1. The fraction of sp³-hybridized carbons (Fsp3) is 0.133. The van der Waals surface area contributed by atoms with E-state index in [-0.39, 0.29) is 21.2 Å². The zero-order chi connectivity index (χ0) is 16.3. The van der Waals surface area contributed by atoms with Crippen LogP contribution in [-0.4, -0.2) is 21.5 Å². The number of benzene rings is 2. The number of aryl methyl sites for hydroxylation is 1. The molecule has 0 saturated heterocycles. The Labute approximate surface area is 133 Å². The van der Waals surface area contributed by atoms with E-state index in [1.807, 2.05) is 0 Å². The van der Waals surface area contributed by atoms with Gasteiger partial charge in [0, 0.05) is 5.69 Å². The topological polar surface area (TPSA) is 72.5 Å². The second-order valence-electron chi connectivity index (χ2n) is 4.61. The molecular formula is C15H14ClNO4S. The van der Waals surface area contributed by atoms with E-state index < -0.39 is 16.0 Å². The molecule has 0 radical (unpaired) electrons. The molecule has 0 aliphatic heterocycles. The zero-order valence-corrected chi connectivity index (χ0v) is 13.5. The molecule has 0 spiro atoms. The van der Waals surface area contributed by atoms with Crippen molar-refractivity contribution in [3.05, 3.63) is 58.6 Å². The van der Waals surface area contributed by atoms with E-state index in [0.29, 0.717) is 0 Å². The first kappa shape index (κ1) is 16.3. The summed E-state index contributed by atoms with van der Waals surface area (Å²) in [5.41, 5.74) is 1.15. The lowest BCUT2D eigenvalue weighted by atomic mass is 10.2. The maximum Gasteiger partial charge on any atom is 0.339 e. The van der Waals surface area contributed by atoms with E-state index in [9.17, 15) is 13.2 Å². The van der Waals surface area contributed by atoms with Gasteiger partial charge in [0.2, 0.25) is 0 Å². The number of rotatable bonds is 4. The Morgan fingerprint density at radius 3 is 2.55 bits per heavy atom. The van der Waals surface area contributed by atoms with Crippen LogP contribution in [0.2, 0.25) is 5.02 Å². The molecule has 0 atom stereocenters. The van der Waals surface area contributed by atoms with Crippen molar-refractivity contribution in [1.29, 1.82) is 0 Å². The monoisotopic (exact) mass is 339 g/mol. The van der Waals surface area contributed by atoms with Crippen molar-refractivity contribution < 1.29 is 17.9 Å². The summed E-state index contributed by atoms with van der Waals surface area (Å²) >= 11 is 5.90.